The van der Waals surface area contributed by atoms with Crippen LogP contribution < -0.4 is 9.64 Å². The number of carbonyl (C=O) groups is 1. The lowest BCUT2D eigenvalue weighted by Crippen LogP contribution is -2.40. The maximum atomic E-state index is 13.8. The zero-order chi connectivity index (χ0) is 26.0. The molecule has 37 heavy (non-hydrogen) atoms. The average Bonchev–Trinajstić information content (AvgIpc) is 3.39. The minimum Gasteiger partial charge on any atom is -0.494 e. The van der Waals surface area contributed by atoms with Gasteiger partial charge in [0.1, 0.15) is 11.3 Å². The maximum Gasteiger partial charge on any atom is 0.260 e. The summed E-state index contributed by atoms with van der Waals surface area (Å²) in [7, 11) is -2.07. The summed E-state index contributed by atoms with van der Waals surface area (Å²) in [5.74, 6) is 0.337. The Labute approximate surface area is 219 Å². The second-order valence-electron chi connectivity index (χ2n) is 8.55. The van der Waals surface area contributed by atoms with Crippen LogP contribution in [0.1, 0.15) is 21.5 Å². The van der Waals surface area contributed by atoms with Gasteiger partial charge in [0, 0.05) is 31.0 Å². The van der Waals surface area contributed by atoms with Crippen LogP contribution >= 0.6 is 11.3 Å². The van der Waals surface area contributed by atoms with Crippen molar-refractivity contribution in [3.8, 4) is 5.75 Å². The number of carbonyl (C=O) groups excluding carboxylic acids is 1. The van der Waals surface area contributed by atoms with Crippen molar-refractivity contribution in [2.24, 2.45) is 0 Å². The van der Waals surface area contributed by atoms with Crippen LogP contribution in [0.4, 0.5) is 5.13 Å². The van der Waals surface area contributed by atoms with E-state index in [1.54, 1.807) is 36.5 Å². The number of sulfonamides is 1. The van der Waals surface area contributed by atoms with Crippen LogP contribution in [0, 0.1) is 6.92 Å². The molecule has 0 saturated carbocycles. The van der Waals surface area contributed by atoms with E-state index in [-0.39, 0.29) is 17.3 Å². The fourth-order valence-corrected chi connectivity index (χ4v) is 6.60. The van der Waals surface area contributed by atoms with Crippen LogP contribution in [0.2, 0.25) is 0 Å². The second kappa shape index (κ2) is 10.5. The molecule has 192 valence electrons. The number of anilines is 1. The highest BCUT2D eigenvalue weighted by Crippen LogP contribution is 2.37. The molecular formula is C26H26N4O5S2. The summed E-state index contributed by atoms with van der Waals surface area (Å²) in [5, 5.41) is 0.515. The van der Waals surface area contributed by atoms with E-state index in [1.165, 1.54) is 27.8 Å². The number of benzene rings is 2. The number of methoxy groups -OCH3 is 1. The first-order chi connectivity index (χ1) is 17.9. The lowest BCUT2D eigenvalue weighted by Gasteiger charge is -2.26. The van der Waals surface area contributed by atoms with Crippen molar-refractivity contribution in [3.05, 3.63) is 77.6 Å². The van der Waals surface area contributed by atoms with Gasteiger partial charge in [-0.05, 0) is 54.4 Å². The molecule has 1 aliphatic rings. The Hall–Kier alpha value is -3.38. The van der Waals surface area contributed by atoms with Crippen LogP contribution in [-0.2, 0) is 21.3 Å². The Bertz CT molecular complexity index is 1520. The van der Waals surface area contributed by atoms with Gasteiger partial charge in [-0.2, -0.15) is 4.31 Å². The van der Waals surface area contributed by atoms with E-state index < -0.39 is 10.0 Å². The van der Waals surface area contributed by atoms with Crippen molar-refractivity contribution >= 4 is 42.6 Å². The number of rotatable bonds is 7. The molecule has 0 bridgehead atoms. The van der Waals surface area contributed by atoms with Gasteiger partial charge >= 0.3 is 0 Å². The first-order valence-electron chi connectivity index (χ1n) is 11.7. The van der Waals surface area contributed by atoms with E-state index in [0.717, 1.165) is 15.8 Å². The summed E-state index contributed by atoms with van der Waals surface area (Å²) >= 11 is 1.41. The van der Waals surface area contributed by atoms with Gasteiger partial charge in [0.2, 0.25) is 10.0 Å². The van der Waals surface area contributed by atoms with Gasteiger partial charge in [0.15, 0.2) is 5.13 Å². The number of pyridine rings is 1. The van der Waals surface area contributed by atoms with Gasteiger partial charge in [-0.15, -0.1) is 0 Å². The molecule has 2 aromatic carbocycles. The normalized spacial score (nSPS) is 14.5. The van der Waals surface area contributed by atoms with Gasteiger partial charge in [-0.1, -0.05) is 23.5 Å². The molecule has 1 amide bonds. The van der Waals surface area contributed by atoms with E-state index in [1.807, 2.05) is 31.2 Å². The molecule has 0 atom stereocenters. The standard InChI is InChI=1S/C26H26N4O5S2/c1-18-5-10-22(34-2)23-24(18)36-26(28-23)30(17-19-4-3-11-27-16-19)25(31)20-6-8-21(9-7-20)37(32,33)29-12-14-35-15-13-29/h3-11,16H,12-15,17H2,1-2H3. The van der Waals surface area contributed by atoms with Gasteiger partial charge in [0.25, 0.3) is 5.91 Å². The van der Waals surface area contributed by atoms with E-state index >= 15 is 0 Å². The molecule has 1 fully saturated rings. The fraction of sp³-hybridized carbons (Fsp3) is 0.269. The molecular weight excluding hydrogens is 512 g/mol. The van der Waals surface area contributed by atoms with Crippen LogP contribution in [0.15, 0.2) is 65.8 Å². The van der Waals surface area contributed by atoms with Crippen LogP contribution in [-0.4, -0.2) is 62.0 Å². The molecule has 5 rings (SSSR count). The first kappa shape index (κ1) is 25.3. The molecule has 4 aromatic rings. The monoisotopic (exact) mass is 538 g/mol. The molecule has 0 aliphatic carbocycles. The minimum atomic E-state index is -3.66. The molecule has 11 heteroatoms. The molecule has 9 nitrogen and oxygen atoms in total. The molecule has 0 radical (unpaired) electrons. The van der Waals surface area contributed by atoms with Crippen molar-refractivity contribution < 1.29 is 22.7 Å². The Morgan fingerprint density at radius 2 is 1.89 bits per heavy atom. The number of thiazole rings is 1. The zero-order valence-corrected chi connectivity index (χ0v) is 22.1. The number of morpholine rings is 1. The summed E-state index contributed by atoms with van der Waals surface area (Å²) in [4.78, 5) is 24.5. The molecule has 0 N–H and O–H groups in total. The van der Waals surface area contributed by atoms with Crippen LogP contribution in [0.3, 0.4) is 0 Å². The van der Waals surface area contributed by atoms with Crippen molar-refractivity contribution in [2.45, 2.75) is 18.4 Å². The van der Waals surface area contributed by atoms with Gasteiger partial charge in [-0.25, -0.2) is 13.4 Å². The minimum absolute atomic E-state index is 0.144. The van der Waals surface area contributed by atoms with Crippen LogP contribution in [0.25, 0.3) is 10.2 Å². The number of amides is 1. The number of aryl methyl sites for hydroxylation is 1. The number of hydrogen-bond donors (Lipinski definition) is 0. The van der Waals surface area contributed by atoms with E-state index in [9.17, 15) is 13.2 Å². The van der Waals surface area contributed by atoms with E-state index in [2.05, 4.69) is 4.98 Å². The van der Waals surface area contributed by atoms with Crippen LogP contribution in [0.5, 0.6) is 5.75 Å². The SMILES string of the molecule is COc1ccc(C)c2sc(N(Cc3cccnc3)C(=O)c3ccc(S(=O)(=O)N4CCOCC4)cc3)nc12. The summed E-state index contributed by atoms with van der Waals surface area (Å²) in [5.41, 5.74) is 2.92. The van der Waals surface area contributed by atoms with Gasteiger partial charge < -0.3 is 9.47 Å². The summed E-state index contributed by atoms with van der Waals surface area (Å²) in [6.45, 7) is 3.59. The van der Waals surface area contributed by atoms with Crippen molar-refractivity contribution in [1.29, 1.82) is 0 Å². The second-order valence-corrected chi connectivity index (χ2v) is 11.5. The highest BCUT2D eigenvalue weighted by molar-refractivity contribution is 7.89. The molecule has 1 aliphatic heterocycles. The summed E-state index contributed by atoms with van der Waals surface area (Å²) in [6.07, 6.45) is 3.38. The van der Waals surface area contributed by atoms with Gasteiger partial charge in [0.05, 0.1) is 36.5 Å². The van der Waals surface area contributed by atoms with E-state index in [4.69, 9.17) is 14.5 Å². The average molecular weight is 539 g/mol. The quantitative estimate of drug-likeness (QED) is 0.352. The lowest BCUT2D eigenvalue weighted by molar-refractivity contribution is 0.0730. The van der Waals surface area contributed by atoms with Crippen molar-refractivity contribution in [1.82, 2.24) is 14.3 Å². The lowest BCUT2D eigenvalue weighted by atomic mass is 10.2. The van der Waals surface area contributed by atoms with Crippen molar-refractivity contribution in [2.75, 3.05) is 38.3 Å². The Morgan fingerprint density at radius 1 is 1.14 bits per heavy atom. The number of ether oxygens (including phenoxy) is 2. The molecule has 0 spiro atoms. The summed E-state index contributed by atoms with van der Waals surface area (Å²) in [6, 6.07) is 13.6. The Kier molecular flexibility index (Phi) is 7.20. The molecule has 1 saturated heterocycles. The van der Waals surface area contributed by atoms with Crippen molar-refractivity contribution in [3.63, 3.8) is 0 Å². The third-order valence-corrected chi connectivity index (χ3v) is 9.29. The molecule has 2 aromatic heterocycles. The Balaban J connectivity index is 1.50. The first-order valence-corrected chi connectivity index (χ1v) is 14.0. The van der Waals surface area contributed by atoms with Gasteiger partial charge in [-0.3, -0.25) is 14.7 Å². The largest absolute Gasteiger partial charge is 0.494 e. The predicted molar refractivity (Wildman–Crippen MR) is 142 cm³/mol. The zero-order valence-electron chi connectivity index (χ0n) is 20.5. The highest BCUT2D eigenvalue weighted by atomic mass is 32.2. The summed E-state index contributed by atoms with van der Waals surface area (Å²) < 4.78 is 39.1. The molecule has 3 heterocycles. The fourth-order valence-electron chi connectivity index (χ4n) is 4.14. The maximum absolute atomic E-state index is 13.8. The number of fused-ring (bicyclic) bond motifs is 1. The third kappa shape index (κ3) is 5.08. The highest BCUT2D eigenvalue weighted by Gasteiger charge is 2.28. The predicted octanol–water partition coefficient (Wildman–Crippen LogP) is 3.88. The van der Waals surface area contributed by atoms with E-state index in [0.29, 0.717) is 48.3 Å². The molecule has 0 unspecified atom stereocenters. The number of nitrogens with zero attached hydrogens (tertiary/aromatic N) is 4. The topological polar surface area (TPSA) is 102 Å². The Morgan fingerprint density at radius 3 is 2.57 bits per heavy atom. The smallest absolute Gasteiger partial charge is 0.260 e. The third-order valence-electron chi connectivity index (χ3n) is 6.16. The number of aromatic nitrogens is 2. The number of hydrogen-bond acceptors (Lipinski definition) is 8.